The van der Waals surface area contributed by atoms with E-state index in [0.717, 1.165) is 29.6 Å². The maximum absolute atomic E-state index is 5.24. The molecule has 0 aliphatic rings. The first-order valence-electron chi connectivity index (χ1n) is 7.73. The van der Waals surface area contributed by atoms with E-state index in [1.54, 1.807) is 13.4 Å². The molecule has 0 radical (unpaired) electrons. The molecule has 0 spiro atoms. The van der Waals surface area contributed by atoms with Crippen LogP contribution < -0.4 is 15.0 Å². The third-order valence-corrected chi connectivity index (χ3v) is 3.65. The number of ether oxygens (including phenoxy) is 1. The van der Waals surface area contributed by atoms with Gasteiger partial charge in [0.1, 0.15) is 23.7 Å². The molecule has 0 saturated heterocycles. The number of aromatic nitrogens is 2. The number of nitrogens with one attached hydrogen (secondary N) is 1. The van der Waals surface area contributed by atoms with Gasteiger partial charge >= 0.3 is 0 Å². The first kappa shape index (κ1) is 15.8. The van der Waals surface area contributed by atoms with Crippen LogP contribution in [0.4, 0.5) is 17.3 Å². The second-order valence-corrected chi connectivity index (χ2v) is 5.46. The summed E-state index contributed by atoms with van der Waals surface area (Å²) < 4.78 is 5.24. The minimum absolute atomic E-state index is 0.744. The van der Waals surface area contributed by atoms with Gasteiger partial charge < -0.3 is 15.0 Å². The fourth-order valence-corrected chi connectivity index (χ4v) is 2.41. The van der Waals surface area contributed by atoms with Crippen molar-refractivity contribution in [2.75, 3.05) is 24.4 Å². The van der Waals surface area contributed by atoms with Crippen LogP contribution in [-0.2, 0) is 6.54 Å². The summed E-state index contributed by atoms with van der Waals surface area (Å²) in [6, 6.07) is 20.0. The fraction of sp³-hybridized carbons (Fsp3) is 0.158. The Hall–Kier alpha value is -3.08. The normalized spacial score (nSPS) is 10.2. The number of rotatable bonds is 6. The molecule has 122 valence electrons. The molecule has 0 unspecified atom stereocenters. The Bertz CT molecular complexity index is 792. The minimum Gasteiger partial charge on any atom is -0.497 e. The first-order valence-corrected chi connectivity index (χ1v) is 7.73. The highest BCUT2D eigenvalue weighted by Crippen LogP contribution is 2.22. The van der Waals surface area contributed by atoms with Crippen LogP contribution in [0, 0.1) is 0 Å². The summed E-state index contributed by atoms with van der Waals surface area (Å²) in [7, 11) is 3.67. The van der Waals surface area contributed by atoms with E-state index in [9.17, 15) is 0 Å². The topological polar surface area (TPSA) is 50.3 Å². The summed E-state index contributed by atoms with van der Waals surface area (Å²) >= 11 is 0. The van der Waals surface area contributed by atoms with Gasteiger partial charge in [0.25, 0.3) is 0 Å². The summed E-state index contributed by atoms with van der Waals surface area (Å²) in [4.78, 5) is 10.7. The molecular weight excluding hydrogens is 300 g/mol. The number of methoxy groups -OCH3 is 1. The van der Waals surface area contributed by atoms with Crippen molar-refractivity contribution in [1.82, 2.24) is 9.97 Å². The summed E-state index contributed by atoms with van der Waals surface area (Å²) in [5.41, 5.74) is 2.16. The van der Waals surface area contributed by atoms with E-state index in [0.29, 0.717) is 0 Å². The van der Waals surface area contributed by atoms with Gasteiger partial charge in [0.15, 0.2) is 0 Å². The number of hydrogen-bond acceptors (Lipinski definition) is 5. The van der Waals surface area contributed by atoms with E-state index in [2.05, 4.69) is 32.3 Å². The van der Waals surface area contributed by atoms with E-state index in [4.69, 9.17) is 4.74 Å². The predicted molar refractivity (Wildman–Crippen MR) is 96.9 cm³/mol. The molecule has 5 nitrogen and oxygen atoms in total. The smallest absolute Gasteiger partial charge is 0.135 e. The Morgan fingerprint density at radius 1 is 1.00 bits per heavy atom. The Labute approximate surface area is 142 Å². The number of anilines is 3. The number of benzene rings is 2. The highest BCUT2D eigenvalue weighted by Gasteiger charge is 2.06. The second kappa shape index (κ2) is 7.46. The molecule has 1 heterocycles. The molecule has 0 aliphatic carbocycles. The molecule has 24 heavy (non-hydrogen) atoms. The Kier molecular flexibility index (Phi) is 4.91. The lowest BCUT2D eigenvalue weighted by Crippen LogP contribution is -2.17. The summed E-state index contributed by atoms with van der Waals surface area (Å²) in [5.74, 6) is 2.41. The van der Waals surface area contributed by atoms with Crippen molar-refractivity contribution in [2.45, 2.75) is 6.54 Å². The molecule has 0 fully saturated rings. The Balaban J connectivity index is 1.73. The highest BCUT2D eigenvalue weighted by atomic mass is 16.5. The standard InChI is InChI=1S/C19H20N4O/c1-23(13-15-7-4-3-5-8-15)19-12-18(20-14-21-19)22-16-9-6-10-17(11-16)24-2/h3-12,14H,13H2,1-2H3,(H,20,21,22). The summed E-state index contributed by atoms with van der Waals surface area (Å²) in [5, 5.41) is 3.28. The van der Waals surface area contributed by atoms with Gasteiger partial charge in [0.05, 0.1) is 7.11 Å². The van der Waals surface area contributed by atoms with Crippen molar-refractivity contribution in [2.24, 2.45) is 0 Å². The van der Waals surface area contributed by atoms with Crippen LogP contribution >= 0.6 is 0 Å². The number of nitrogens with zero attached hydrogens (tertiary/aromatic N) is 3. The third-order valence-electron chi connectivity index (χ3n) is 3.65. The van der Waals surface area contributed by atoms with Crippen LogP contribution in [0.15, 0.2) is 67.0 Å². The zero-order chi connectivity index (χ0) is 16.8. The molecule has 3 rings (SSSR count). The monoisotopic (exact) mass is 320 g/mol. The van der Waals surface area contributed by atoms with Gasteiger partial charge in [-0.15, -0.1) is 0 Å². The molecule has 0 bridgehead atoms. The van der Waals surface area contributed by atoms with E-state index in [1.807, 2.05) is 55.6 Å². The van der Waals surface area contributed by atoms with Crippen molar-refractivity contribution >= 4 is 17.3 Å². The molecule has 0 aliphatic heterocycles. The van der Waals surface area contributed by atoms with Gasteiger partial charge in [-0.2, -0.15) is 0 Å². The second-order valence-electron chi connectivity index (χ2n) is 5.46. The SMILES string of the molecule is COc1cccc(Nc2cc(N(C)Cc3ccccc3)ncn2)c1. The molecule has 5 heteroatoms. The average Bonchev–Trinajstić information content (AvgIpc) is 2.63. The summed E-state index contributed by atoms with van der Waals surface area (Å²) in [6.07, 6.45) is 1.57. The van der Waals surface area contributed by atoms with Crippen LogP contribution in [0.5, 0.6) is 5.75 Å². The lowest BCUT2D eigenvalue weighted by atomic mass is 10.2. The maximum Gasteiger partial charge on any atom is 0.135 e. The minimum atomic E-state index is 0.744. The molecule has 0 saturated carbocycles. The van der Waals surface area contributed by atoms with Gasteiger partial charge in [-0.25, -0.2) is 9.97 Å². The quantitative estimate of drug-likeness (QED) is 0.747. The zero-order valence-corrected chi connectivity index (χ0v) is 13.8. The lowest BCUT2D eigenvalue weighted by Gasteiger charge is -2.18. The van der Waals surface area contributed by atoms with Gasteiger partial charge in [-0.05, 0) is 17.7 Å². The summed E-state index contributed by atoms with van der Waals surface area (Å²) in [6.45, 7) is 0.788. The van der Waals surface area contributed by atoms with E-state index < -0.39 is 0 Å². The predicted octanol–water partition coefficient (Wildman–Crippen LogP) is 3.87. The van der Waals surface area contributed by atoms with E-state index in [1.165, 1.54) is 5.56 Å². The maximum atomic E-state index is 5.24. The van der Waals surface area contributed by atoms with Crippen molar-refractivity contribution in [3.63, 3.8) is 0 Å². The van der Waals surface area contributed by atoms with E-state index >= 15 is 0 Å². The molecule has 2 aromatic carbocycles. The van der Waals surface area contributed by atoms with Gasteiger partial charge in [0, 0.05) is 31.4 Å². The van der Waals surface area contributed by atoms with E-state index in [-0.39, 0.29) is 0 Å². The molecule has 3 aromatic rings. The van der Waals surface area contributed by atoms with Crippen LogP contribution in [0.1, 0.15) is 5.56 Å². The number of hydrogen-bond donors (Lipinski definition) is 1. The van der Waals surface area contributed by atoms with Gasteiger partial charge in [-0.1, -0.05) is 36.4 Å². The average molecular weight is 320 g/mol. The van der Waals surface area contributed by atoms with Crippen LogP contribution in [-0.4, -0.2) is 24.1 Å². The van der Waals surface area contributed by atoms with Crippen LogP contribution in [0.25, 0.3) is 0 Å². The Morgan fingerprint density at radius 2 is 1.83 bits per heavy atom. The highest BCUT2D eigenvalue weighted by molar-refractivity contribution is 5.60. The first-order chi connectivity index (χ1) is 11.7. The van der Waals surface area contributed by atoms with Crippen LogP contribution in [0.2, 0.25) is 0 Å². The largest absolute Gasteiger partial charge is 0.497 e. The molecule has 1 N–H and O–H groups in total. The lowest BCUT2D eigenvalue weighted by molar-refractivity contribution is 0.415. The molecule has 0 amide bonds. The molecule has 0 atom stereocenters. The Morgan fingerprint density at radius 3 is 2.62 bits per heavy atom. The molecule has 1 aromatic heterocycles. The van der Waals surface area contributed by atoms with Gasteiger partial charge in [-0.3, -0.25) is 0 Å². The van der Waals surface area contributed by atoms with Crippen molar-refractivity contribution in [1.29, 1.82) is 0 Å². The van der Waals surface area contributed by atoms with Crippen molar-refractivity contribution in [3.05, 3.63) is 72.6 Å². The van der Waals surface area contributed by atoms with Gasteiger partial charge in [0.2, 0.25) is 0 Å². The fourth-order valence-electron chi connectivity index (χ4n) is 2.41. The van der Waals surface area contributed by atoms with Crippen LogP contribution in [0.3, 0.4) is 0 Å². The van der Waals surface area contributed by atoms with Crippen molar-refractivity contribution < 1.29 is 4.74 Å². The molecular formula is C19H20N4O. The third kappa shape index (κ3) is 4.01. The van der Waals surface area contributed by atoms with Crippen molar-refractivity contribution in [3.8, 4) is 5.75 Å². The zero-order valence-electron chi connectivity index (χ0n) is 13.8.